The largest absolute Gasteiger partial charge is 0.480 e. The lowest BCUT2D eigenvalue weighted by Gasteiger charge is -2.35. The van der Waals surface area contributed by atoms with Gasteiger partial charge in [0.1, 0.15) is 16.2 Å². The highest BCUT2D eigenvalue weighted by Crippen LogP contribution is 2.55. The molecule has 9 aliphatic heterocycles. The topological polar surface area (TPSA) is 331 Å². The summed E-state index contributed by atoms with van der Waals surface area (Å²) in [7, 11) is 6.45. The molecular formula is C91H92N24O9. The first-order valence-electron chi connectivity index (χ1n) is 42.7. The van der Waals surface area contributed by atoms with Gasteiger partial charge >= 0.3 is 0 Å². The molecule has 630 valence electrons. The minimum Gasteiger partial charge on any atom is -0.480 e. The van der Waals surface area contributed by atoms with Crippen molar-refractivity contribution in [3.63, 3.8) is 0 Å². The average Bonchev–Trinajstić information content (AvgIpc) is 1.57. The molecule has 3 saturated carbocycles. The van der Waals surface area contributed by atoms with Crippen LogP contribution in [0.1, 0.15) is 105 Å². The molecule has 3 fully saturated rings. The minimum atomic E-state index is -0.210. The molecule has 124 heavy (non-hydrogen) atoms. The molecule has 3 aliphatic carbocycles. The molecule has 24 rings (SSSR count). The number of nitrogens with one attached hydrogen (secondary N) is 3. The van der Waals surface area contributed by atoms with Crippen molar-refractivity contribution in [1.82, 2.24) is 87.6 Å². The predicted octanol–water partition coefficient (Wildman–Crippen LogP) is 10.2. The number of hydrogen-bond acceptors (Lipinski definition) is 24. The first-order valence-corrected chi connectivity index (χ1v) is 42.7. The number of aromatic nitrogens is 15. The van der Waals surface area contributed by atoms with Crippen molar-refractivity contribution in [2.45, 2.75) is 129 Å². The fourth-order valence-electron chi connectivity index (χ4n) is 19.1. The number of fused-ring (bicyclic) bond motifs is 19. The SMILES string of the molecule is CN1CCc2cc(Nc3ncc4c(=O)n5n(c4n3)-c3ccc4c(n3)N(CC3(CC=CC5)CC3)C(=O)CO4)ccc2C1.CN1CCc2ccc(Nc3ncc4c(=O)n5n(c4n3)-c3ccc4c(n3)N(CC(C)(C)CC=CC5)C(=O)CO4)cc2C12CC2.CN1Cc2ccc(Nc3ncc4c(=O)n5n(c4n3)-c3ccc4c(n3)N(CC3(CC=CC5)CC3)C(=O)CO4)cc2C1. The fraction of sp³-hybridized carbons (Fsp3) is 0.374. The smallest absolute Gasteiger partial charge is 0.278 e. The summed E-state index contributed by atoms with van der Waals surface area (Å²) in [6.45, 7) is 11.9. The molecule has 18 heterocycles. The molecule has 0 radical (unpaired) electrons. The van der Waals surface area contributed by atoms with Crippen molar-refractivity contribution >= 4 is 103 Å². The van der Waals surface area contributed by atoms with Gasteiger partial charge in [0.05, 0.1) is 19.6 Å². The van der Waals surface area contributed by atoms with Gasteiger partial charge in [-0.3, -0.25) is 53.3 Å². The summed E-state index contributed by atoms with van der Waals surface area (Å²) in [5.41, 5.74) is 11.5. The maximum atomic E-state index is 13.7. The summed E-state index contributed by atoms with van der Waals surface area (Å²) in [6, 6.07) is 30.0. The molecule has 33 nitrogen and oxygen atoms in total. The minimum absolute atomic E-state index is 0.00124. The molecule has 3 aromatic carbocycles. The highest BCUT2D eigenvalue weighted by Gasteiger charge is 2.51. The zero-order chi connectivity index (χ0) is 84.2. The lowest BCUT2D eigenvalue weighted by molar-refractivity contribution is -0.122. The second-order valence-electron chi connectivity index (χ2n) is 35.9. The van der Waals surface area contributed by atoms with Crippen LogP contribution in [0.4, 0.5) is 52.4 Å². The zero-order valence-electron chi connectivity index (χ0n) is 69.6. The van der Waals surface area contributed by atoms with Crippen molar-refractivity contribution in [2.24, 2.45) is 16.2 Å². The van der Waals surface area contributed by atoms with Gasteiger partial charge in [0.15, 0.2) is 88.9 Å². The molecule has 0 unspecified atom stereocenters. The van der Waals surface area contributed by atoms with Gasteiger partial charge < -0.3 is 35.1 Å². The van der Waals surface area contributed by atoms with E-state index in [-0.39, 0.29) is 76.0 Å². The van der Waals surface area contributed by atoms with Crippen molar-refractivity contribution < 1.29 is 28.6 Å². The Hall–Kier alpha value is -13.5. The summed E-state index contributed by atoms with van der Waals surface area (Å²) in [6.07, 6.45) is 28.1. The van der Waals surface area contributed by atoms with E-state index in [1.54, 1.807) is 79.6 Å². The van der Waals surface area contributed by atoms with E-state index in [1.165, 1.54) is 46.2 Å². The van der Waals surface area contributed by atoms with Crippen LogP contribution in [0.25, 0.3) is 50.6 Å². The molecule has 3 spiro atoms. The Bertz CT molecular complexity index is 6790. The number of nitrogens with zero attached hydrogens (tertiary/aromatic N) is 21. The number of rotatable bonds is 6. The van der Waals surface area contributed by atoms with E-state index in [2.05, 4.69) is 141 Å². The molecular weight excluding hydrogens is 1570 g/mol. The van der Waals surface area contributed by atoms with Crippen LogP contribution in [-0.4, -0.2) is 179 Å². The number of likely N-dealkylation sites (N-methyl/N-ethyl adjacent to an activating group) is 2. The van der Waals surface area contributed by atoms with E-state index in [0.717, 1.165) is 108 Å². The average molecular weight is 1670 g/mol. The Morgan fingerprint density at radius 3 is 1.23 bits per heavy atom. The van der Waals surface area contributed by atoms with E-state index < -0.39 is 0 Å². The lowest BCUT2D eigenvalue weighted by atomic mass is 9.88. The predicted molar refractivity (Wildman–Crippen MR) is 466 cm³/mol. The number of hydrogen-bond donors (Lipinski definition) is 3. The molecule has 0 saturated heterocycles. The van der Waals surface area contributed by atoms with E-state index in [4.69, 9.17) is 44.1 Å². The van der Waals surface area contributed by atoms with E-state index in [1.807, 2.05) is 48.6 Å². The molecule has 33 heteroatoms. The van der Waals surface area contributed by atoms with Crippen molar-refractivity contribution in [3.8, 4) is 34.7 Å². The summed E-state index contributed by atoms with van der Waals surface area (Å²) < 4.78 is 27.2. The number of pyridine rings is 3. The monoisotopic (exact) mass is 1660 g/mol. The highest BCUT2D eigenvalue weighted by atomic mass is 16.5. The number of carbonyl (C=O) groups excluding carboxylic acids is 3. The molecule has 12 aliphatic rings. The van der Waals surface area contributed by atoms with Gasteiger partial charge in [0, 0.05) is 93.5 Å². The van der Waals surface area contributed by atoms with Gasteiger partial charge in [0.25, 0.3) is 34.4 Å². The third-order valence-electron chi connectivity index (χ3n) is 26.5. The molecule has 0 atom stereocenters. The van der Waals surface area contributed by atoms with Gasteiger partial charge in [0.2, 0.25) is 17.8 Å². The van der Waals surface area contributed by atoms with Crippen LogP contribution in [0.5, 0.6) is 17.2 Å². The maximum absolute atomic E-state index is 13.7. The van der Waals surface area contributed by atoms with Crippen LogP contribution < -0.4 is 61.5 Å². The first-order chi connectivity index (χ1) is 60.1. The van der Waals surface area contributed by atoms with Crippen LogP contribution in [0.15, 0.2) is 160 Å². The molecule has 9 aromatic heterocycles. The number of benzene rings is 3. The third kappa shape index (κ3) is 13.7. The second kappa shape index (κ2) is 29.4. The molecule has 3 N–H and O–H groups in total. The molecule has 6 bridgehead atoms. The first kappa shape index (κ1) is 76.6. The summed E-state index contributed by atoms with van der Waals surface area (Å²) in [4.78, 5) is 135. The van der Waals surface area contributed by atoms with Crippen LogP contribution in [0, 0.1) is 16.2 Å². The highest BCUT2D eigenvalue weighted by molar-refractivity contribution is 5.99. The zero-order valence-corrected chi connectivity index (χ0v) is 69.6. The van der Waals surface area contributed by atoms with Crippen LogP contribution in [-0.2, 0) is 72.0 Å². The standard InChI is InChI=1S/C32H34N8O3.C30H30N8O3.C29H28N8O3/c1-31(2)11-4-5-14-39-29(42)22-17-33-30(34-21-7-6-20-10-15-37(3)32(12-13-32)23(20)16-21)36-27(22)40(39)25-9-8-24-28(35-25)38(19-31)26(41)18-43-24;1-35-13-8-19-14-21(5-4-20(19)16-35)32-29-31-15-22-26(34-29)38-24-7-6-23-27(33-24)36(25(39)17-41-23)18-30(10-11-30)9-2-3-12-37(38)28(22)40;1-34-14-18-4-5-20(12-19(18)15-34)31-28-30-13-21-25(33-28)37-23-7-6-22-26(32-23)35(24(38)16-40-22)17-29(9-10-29)8-2-3-11-36(37)27(21)39/h4-9,16-17H,10-15,18-19H2,1-3H3,(H,33,34,36);2-7,14-15H,8-13,16-18H2,1H3,(H,31,32,34);2-7,12-13H,8-11,14-17H2,1H3,(H,30,31,33). The molecule has 3 amide bonds. The second-order valence-corrected chi connectivity index (χ2v) is 35.9. The van der Waals surface area contributed by atoms with Gasteiger partial charge in [-0.1, -0.05) is 68.5 Å². The number of amides is 3. The van der Waals surface area contributed by atoms with E-state index in [0.29, 0.717) is 142 Å². The van der Waals surface area contributed by atoms with Gasteiger partial charge in [-0.25, -0.2) is 58.0 Å². The normalized spacial score (nSPS) is 19.5. The third-order valence-corrected chi connectivity index (χ3v) is 26.5. The van der Waals surface area contributed by atoms with Crippen LogP contribution >= 0.6 is 0 Å². The van der Waals surface area contributed by atoms with E-state index >= 15 is 0 Å². The Morgan fingerprint density at radius 1 is 0.387 bits per heavy atom. The number of anilines is 9. The quantitative estimate of drug-likeness (QED) is 0.130. The summed E-state index contributed by atoms with van der Waals surface area (Å²) in [5, 5.41) is 11.2. The van der Waals surface area contributed by atoms with Gasteiger partial charge in [-0.2, -0.15) is 15.0 Å². The Labute approximate surface area is 710 Å². The summed E-state index contributed by atoms with van der Waals surface area (Å²) in [5.74, 6) is 5.37. The van der Waals surface area contributed by atoms with Crippen LogP contribution in [0.2, 0.25) is 0 Å². The Kier molecular flexibility index (Phi) is 18.1. The fourth-order valence-corrected chi connectivity index (χ4v) is 19.1. The summed E-state index contributed by atoms with van der Waals surface area (Å²) >= 11 is 0. The molecule has 12 aromatic rings. The van der Waals surface area contributed by atoms with Crippen molar-refractivity contribution in [2.75, 3.05) is 104 Å². The number of allylic oxidation sites excluding steroid dienone is 6. The van der Waals surface area contributed by atoms with E-state index in [9.17, 15) is 28.8 Å². The Morgan fingerprint density at radius 2 is 0.782 bits per heavy atom. The van der Waals surface area contributed by atoms with Gasteiger partial charge in [-0.15, -0.1) is 0 Å². The number of ether oxygens (including phenoxy) is 3. The van der Waals surface area contributed by atoms with Crippen molar-refractivity contribution in [1.29, 1.82) is 0 Å². The van der Waals surface area contributed by atoms with Crippen molar-refractivity contribution in [3.05, 3.63) is 210 Å². The Balaban J connectivity index is 0.000000111. The number of carbonyl (C=O) groups is 3. The van der Waals surface area contributed by atoms with Gasteiger partial charge in [-0.05, 0) is 214 Å². The lowest BCUT2D eigenvalue weighted by Crippen LogP contribution is -2.44. The maximum Gasteiger partial charge on any atom is 0.278 e. The van der Waals surface area contributed by atoms with Crippen LogP contribution in [0.3, 0.4) is 0 Å².